The number of aromatic hydroxyl groups is 1. The molecule has 0 radical (unpaired) electrons. The summed E-state index contributed by atoms with van der Waals surface area (Å²) in [7, 11) is 0. The number of rotatable bonds is 4. The van der Waals surface area contributed by atoms with Crippen LogP contribution in [-0.4, -0.2) is 33.4 Å². The van der Waals surface area contributed by atoms with Crippen molar-refractivity contribution >= 4 is 28.8 Å². The highest BCUT2D eigenvalue weighted by Crippen LogP contribution is 2.44. The minimum absolute atomic E-state index is 0.0224. The van der Waals surface area contributed by atoms with E-state index < -0.39 is 45.7 Å². The maximum absolute atomic E-state index is 14.0. The number of ether oxygens (including phenoxy) is 1. The van der Waals surface area contributed by atoms with Crippen molar-refractivity contribution in [2.24, 2.45) is 0 Å². The van der Waals surface area contributed by atoms with Crippen LogP contribution >= 0.6 is 0 Å². The van der Waals surface area contributed by atoms with Gasteiger partial charge in [-0.3, -0.25) is 24.6 Å². The highest BCUT2D eigenvalue weighted by molar-refractivity contribution is 6.51. The third kappa shape index (κ3) is 3.65. The van der Waals surface area contributed by atoms with Gasteiger partial charge in [0.15, 0.2) is 5.75 Å². The molecule has 2 heterocycles. The van der Waals surface area contributed by atoms with Crippen LogP contribution in [0.25, 0.3) is 5.76 Å². The summed E-state index contributed by atoms with van der Waals surface area (Å²) in [6.07, 6.45) is 0.599. The maximum Gasteiger partial charge on any atom is 0.311 e. The number of nitro groups is 1. The number of ketones is 1. The number of hydrogen-bond acceptors (Lipinski definition) is 7. The molecule has 0 aliphatic carbocycles. The fourth-order valence-electron chi connectivity index (χ4n) is 4.39. The summed E-state index contributed by atoms with van der Waals surface area (Å²) >= 11 is 0. The number of carbonyl (C=O) groups excluding carboxylic acids is 2. The van der Waals surface area contributed by atoms with E-state index in [-0.39, 0.29) is 22.4 Å². The number of nitrogens with zero attached hydrogens (tertiary/aromatic N) is 2. The molecule has 35 heavy (non-hydrogen) atoms. The molecule has 1 amide bonds. The quantitative estimate of drug-likeness (QED) is 0.191. The number of fused-ring (bicyclic) bond motifs is 1. The Labute approximate surface area is 197 Å². The molecule has 1 saturated heterocycles. The lowest BCUT2D eigenvalue weighted by Gasteiger charge is -2.25. The predicted molar refractivity (Wildman–Crippen MR) is 122 cm³/mol. The second kappa shape index (κ2) is 8.24. The van der Waals surface area contributed by atoms with Gasteiger partial charge in [-0.2, -0.15) is 0 Å². The van der Waals surface area contributed by atoms with Gasteiger partial charge in [-0.05, 0) is 53.6 Å². The first-order chi connectivity index (χ1) is 16.8. The van der Waals surface area contributed by atoms with Crippen LogP contribution < -0.4 is 9.64 Å². The Balaban J connectivity index is 1.74. The lowest BCUT2D eigenvalue weighted by molar-refractivity contribution is -0.385. The summed E-state index contributed by atoms with van der Waals surface area (Å²) in [6, 6.07) is 11.8. The Bertz CT molecular complexity index is 1450. The van der Waals surface area contributed by atoms with Gasteiger partial charge in [-0.25, -0.2) is 4.39 Å². The molecule has 10 heteroatoms. The number of hydrogen-bond donors (Lipinski definition) is 2. The molecule has 5 rings (SSSR count). The fraction of sp³-hybridized carbons (Fsp3) is 0.120. The monoisotopic (exact) mass is 476 g/mol. The fourth-order valence-corrected chi connectivity index (χ4v) is 4.39. The van der Waals surface area contributed by atoms with Gasteiger partial charge in [0.1, 0.15) is 17.3 Å². The molecular formula is C25H17FN2O7. The molecule has 2 N–H and O–H groups in total. The zero-order valence-electron chi connectivity index (χ0n) is 18.0. The second-order valence-corrected chi connectivity index (χ2v) is 8.08. The molecule has 0 spiro atoms. The zero-order chi connectivity index (χ0) is 24.9. The topological polar surface area (TPSA) is 130 Å². The van der Waals surface area contributed by atoms with Gasteiger partial charge in [0.05, 0.1) is 23.1 Å². The minimum Gasteiger partial charge on any atom is -0.507 e. The molecule has 3 aromatic rings. The Morgan fingerprint density at radius 2 is 1.91 bits per heavy atom. The number of carbonyl (C=O) groups is 2. The molecule has 2 aliphatic rings. The third-order valence-corrected chi connectivity index (χ3v) is 6.01. The van der Waals surface area contributed by atoms with E-state index in [9.17, 15) is 34.3 Å². The van der Waals surface area contributed by atoms with Crippen LogP contribution in [0.3, 0.4) is 0 Å². The van der Waals surface area contributed by atoms with Gasteiger partial charge in [0.2, 0.25) is 0 Å². The molecule has 176 valence electrons. The Kier molecular flexibility index (Phi) is 5.20. The van der Waals surface area contributed by atoms with Crippen LogP contribution in [0.1, 0.15) is 22.7 Å². The van der Waals surface area contributed by atoms with E-state index in [1.807, 2.05) is 0 Å². The number of benzene rings is 3. The highest BCUT2D eigenvalue weighted by Gasteiger charge is 2.47. The van der Waals surface area contributed by atoms with E-state index in [4.69, 9.17) is 4.74 Å². The lowest BCUT2D eigenvalue weighted by Crippen LogP contribution is -2.29. The first kappa shape index (κ1) is 22.1. The maximum atomic E-state index is 14.0. The number of halogens is 1. The van der Waals surface area contributed by atoms with Crippen molar-refractivity contribution in [2.45, 2.75) is 12.5 Å². The third-order valence-electron chi connectivity index (χ3n) is 6.01. The molecule has 0 saturated carbocycles. The number of amides is 1. The first-order valence-corrected chi connectivity index (χ1v) is 10.6. The van der Waals surface area contributed by atoms with Crippen LogP contribution in [-0.2, 0) is 16.0 Å². The summed E-state index contributed by atoms with van der Waals surface area (Å²) in [4.78, 5) is 37.9. The number of Topliss-reactive ketones (excluding diaryl/α,β-unsaturated/α-hetero) is 1. The van der Waals surface area contributed by atoms with E-state index in [1.54, 1.807) is 12.1 Å². The smallest absolute Gasteiger partial charge is 0.311 e. The Morgan fingerprint density at radius 3 is 2.66 bits per heavy atom. The van der Waals surface area contributed by atoms with Gasteiger partial charge in [0, 0.05) is 23.7 Å². The van der Waals surface area contributed by atoms with Crippen LogP contribution in [0.4, 0.5) is 15.8 Å². The largest absolute Gasteiger partial charge is 0.507 e. The average Bonchev–Trinajstić information content (AvgIpc) is 3.41. The number of aliphatic hydroxyl groups excluding tert-OH is 1. The van der Waals surface area contributed by atoms with Crippen molar-refractivity contribution in [3.63, 3.8) is 0 Å². The molecule has 1 fully saturated rings. The average molecular weight is 476 g/mol. The number of aliphatic hydroxyl groups is 1. The van der Waals surface area contributed by atoms with Crippen molar-refractivity contribution in [2.75, 3.05) is 11.5 Å². The van der Waals surface area contributed by atoms with Crippen molar-refractivity contribution in [3.8, 4) is 11.5 Å². The van der Waals surface area contributed by atoms with Crippen LogP contribution in [0.5, 0.6) is 11.5 Å². The molecule has 1 unspecified atom stereocenters. The minimum atomic E-state index is -1.32. The summed E-state index contributed by atoms with van der Waals surface area (Å²) in [5.74, 6) is -3.20. The van der Waals surface area contributed by atoms with Crippen molar-refractivity contribution in [3.05, 3.63) is 98.9 Å². The standard InChI is InChI=1S/C25H17FN2O7/c26-16-2-1-3-17(12-16)27-22(14-4-6-19(29)18(11-14)28(33)34)21(24(31)25(27)32)23(30)15-5-7-20-13(10-15)8-9-35-20/h1-7,10-12,22,29-30H,8-9H2/b23-21+. The van der Waals surface area contributed by atoms with Crippen molar-refractivity contribution in [1.82, 2.24) is 0 Å². The summed E-state index contributed by atoms with van der Waals surface area (Å²) in [6.45, 7) is 0.473. The van der Waals surface area contributed by atoms with Gasteiger partial charge in [-0.1, -0.05) is 12.1 Å². The lowest BCUT2D eigenvalue weighted by atomic mass is 9.94. The Morgan fingerprint density at radius 1 is 1.11 bits per heavy atom. The van der Waals surface area contributed by atoms with Crippen molar-refractivity contribution < 1.29 is 33.9 Å². The summed E-state index contributed by atoms with van der Waals surface area (Å²) in [5, 5.41) is 32.5. The van der Waals surface area contributed by atoms with Crippen LogP contribution in [0.2, 0.25) is 0 Å². The normalized spacial score (nSPS) is 18.4. The molecular weight excluding hydrogens is 459 g/mol. The van der Waals surface area contributed by atoms with Crippen LogP contribution in [0.15, 0.2) is 66.2 Å². The molecule has 9 nitrogen and oxygen atoms in total. The van der Waals surface area contributed by atoms with Gasteiger partial charge >= 0.3 is 5.69 Å². The van der Waals surface area contributed by atoms with Gasteiger partial charge in [-0.15, -0.1) is 0 Å². The van der Waals surface area contributed by atoms with Gasteiger partial charge in [0.25, 0.3) is 11.7 Å². The zero-order valence-corrected chi connectivity index (χ0v) is 18.0. The van der Waals surface area contributed by atoms with E-state index in [2.05, 4.69) is 0 Å². The SMILES string of the molecule is O=C1C(=O)N(c2cccc(F)c2)C(c2ccc(O)c([N+](=O)[O-])c2)/C1=C(\O)c1ccc2c(c1)CCO2. The first-order valence-electron chi connectivity index (χ1n) is 10.6. The molecule has 1 atom stereocenters. The Hall–Kier alpha value is -4.73. The molecule has 2 aliphatic heterocycles. The second-order valence-electron chi connectivity index (χ2n) is 8.08. The number of nitro benzene ring substituents is 1. The molecule has 0 bridgehead atoms. The summed E-state index contributed by atoms with van der Waals surface area (Å²) < 4.78 is 19.5. The number of phenols is 1. The number of anilines is 1. The predicted octanol–water partition coefficient (Wildman–Crippen LogP) is 4.00. The highest BCUT2D eigenvalue weighted by atomic mass is 19.1. The van der Waals surface area contributed by atoms with Crippen LogP contribution in [0, 0.1) is 15.9 Å². The molecule has 0 aromatic heterocycles. The summed E-state index contributed by atoms with van der Waals surface area (Å²) in [5.41, 5.74) is 0.188. The van der Waals surface area contributed by atoms with E-state index in [0.717, 1.165) is 34.7 Å². The molecule has 3 aromatic carbocycles. The van der Waals surface area contributed by atoms with E-state index in [0.29, 0.717) is 18.8 Å². The number of phenolic OH excluding ortho intramolecular Hbond substituents is 1. The van der Waals surface area contributed by atoms with E-state index in [1.165, 1.54) is 24.3 Å². The van der Waals surface area contributed by atoms with Gasteiger partial charge < -0.3 is 14.9 Å². The van der Waals surface area contributed by atoms with Crippen molar-refractivity contribution in [1.29, 1.82) is 0 Å². The van der Waals surface area contributed by atoms with E-state index >= 15 is 0 Å².